The van der Waals surface area contributed by atoms with Gasteiger partial charge in [0.25, 0.3) is 0 Å². The fourth-order valence-corrected chi connectivity index (χ4v) is 0.259. The molecule has 0 aromatic carbocycles. The molecule has 10 heavy (non-hydrogen) atoms. The second-order valence-corrected chi connectivity index (χ2v) is 1.58. The maximum atomic E-state index is 5.19. The number of rotatable bonds is 3. The standard InChI is InChI=1S/C5H10N5/c1-4(6)8-10-5(2)9-7-3/h3,9-10H,2H2,1H3,(H2,6,8)/q+1. The Balaban J connectivity index is 3.62. The van der Waals surface area contributed by atoms with E-state index in [2.05, 4.69) is 27.5 Å². The third-order valence-corrected chi connectivity index (χ3v) is 0.567. The molecule has 0 fully saturated rings. The Morgan fingerprint density at radius 2 is 2.40 bits per heavy atom. The van der Waals surface area contributed by atoms with Gasteiger partial charge in [-0.2, -0.15) is 5.10 Å². The van der Waals surface area contributed by atoms with E-state index in [1.165, 1.54) is 0 Å². The lowest BCUT2D eigenvalue weighted by Gasteiger charge is -1.94. The van der Waals surface area contributed by atoms with E-state index in [-0.39, 0.29) is 0 Å². The number of amidine groups is 1. The van der Waals surface area contributed by atoms with Crippen LogP contribution >= 0.6 is 0 Å². The first-order chi connectivity index (χ1) is 4.66. The number of nitrogens with zero attached hydrogens (tertiary/aromatic N) is 2. The number of hydrazone groups is 1. The van der Waals surface area contributed by atoms with Crippen LogP contribution in [0.15, 0.2) is 17.5 Å². The Morgan fingerprint density at radius 1 is 1.80 bits per heavy atom. The lowest BCUT2D eigenvalue weighted by molar-refractivity contribution is 0.807. The van der Waals surface area contributed by atoms with E-state index >= 15 is 0 Å². The van der Waals surface area contributed by atoms with Crippen LogP contribution in [0.2, 0.25) is 0 Å². The van der Waals surface area contributed by atoms with Crippen LogP contribution < -0.4 is 16.6 Å². The van der Waals surface area contributed by atoms with E-state index in [0.29, 0.717) is 11.7 Å². The summed E-state index contributed by atoms with van der Waals surface area (Å²) in [5.41, 5.74) is 10.00. The van der Waals surface area contributed by atoms with E-state index in [4.69, 9.17) is 12.3 Å². The molecule has 0 radical (unpaired) electrons. The van der Waals surface area contributed by atoms with Crippen molar-refractivity contribution in [1.82, 2.24) is 10.9 Å². The van der Waals surface area contributed by atoms with Crippen LogP contribution in [0.25, 0.3) is 4.95 Å². The van der Waals surface area contributed by atoms with Gasteiger partial charge >= 0.3 is 6.57 Å². The highest BCUT2D eigenvalue weighted by Gasteiger charge is 1.90. The van der Waals surface area contributed by atoms with Crippen molar-refractivity contribution in [2.24, 2.45) is 10.8 Å². The number of hydrogen-bond donors (Lipinski definition) is 3. The highest BCUT2D eigenvalue weighted by molar-refractivity contribution is 5.77. The summed E-state index contributed by atoms with van der Waals surface area (Å²) in [6.07, 6.45) is 0. The fraction of sp³-hybridized carbons (Fsp3) is 0.200. The highest BCUT2D eigenvalue weighted by Crippen LogP contribution is 1.74. The van der Waals surface area contributed by atoms with Crippen LogP contribution in [0.5, 0.6) is 0 Å². The van der Waals surface area contributed by atoms with E-state index in [1.54, 1.807) is 6.92 Å². The molecule has 0 aliphatic heterocycles. The average molecular weight is 140 g/mol. The number of nitrogens with one attached hydrogen (secondary N) is 2. The molecule has 0 amide bonds. The van der Waals surface area contributed by atoms with Crippen LogP contribution in [-0.2, 0) is 0 Å². The Morgan fingerprint density at radius 3 is 2.80 bits per heavy atom. The van der Waals surface area contributed by atoms with Crippen LogP contribution in [0.1, 0.15) is 6.92 Å². The molecule has 5 nitrogen and oxygen atoms in total. The van der Waals surface area contributed by atoms with Crippen molar-refractivity contribution in [3.05, 3.63) is 17.4 Å². The van der Waals surface area contributed by atoms with Crippen LogP contribution in [0, 0.1) is 6.57 Å². The predicted octanol–water partition coefficient (Wildman–Crippen LogP) is -0.193. The minimum atomic E-state index is 0.368. The van der Waals surface area contributed by atoms with Crippen molar-refractivity contribution in [3.8, 4) is 6.57 Å². The van der Waals surface area contributed by atoms with Crippen LogP contribution in [-0.4, -0.2) is 5.84 Å². The molecule has 5 heteroatoms. The first-order valence-electron chi connectivity index (χ1n) is 2.57. The van der Waals surface area contributed by atoms with Gasteiger partial charge in [-0.1, -0.05) is 6.58 Å². The summed E-state index contributed by atoms with van der Waals surface area (Å²) < 4.78 is 0. The lowest BCUT2D eigenvalue weighted by Crippen LogP contribution is -2.19. The van der Waals surface area contributed by atoms with Gasteiger partial charge in [-0.25, -0.2) is 0 Å². The lowest BCUT2D eigenvalue weighted by atomic mass is 10.7. The summed E-state index contributed by atoms with van der Waals surface area (Å²) in [5.74, 6) is 0.771. The maximum Gasteiger partial charge on any atom is 0.305 e. The van der Waals surface area contributed by atoms with Crippen molar-refractivity contribution >= 4 is 5.84 Å². The van der Waals surface area contributed by atoms with Gasteiger partial charge in [-0.05, 0) is 12.3 Å². The molecule has 0 saturated heterocycles. The van der Waals surface area contributed by atoms with Gasteiger partial charge < -0.3 is 5.73 Å². The molecular weight excluding hydrogens is 130 g/mol. The molecule has 0 rings (SSSR count). The van der Waals surface area contributed by atoms with Gasteiger partial charge in [0.1, 0.15) is 5.84 Å². The first-order valence-corrected chi connectivity index (χ1v) is 2.57. The molecule has 0 spiro atoms. The molecule has 54 valence electrons. The fourth-order valence-electron chi connectivity index (χ4n) is 0.259. The summed E-state index contributed by atoms with van der Waals surface area (Å²) in [5, 5.41) is 3.61. The van der Waals surface area contributed by atoms with E-state index < -0.39 is 0 Å². The zero-order chi connectivity index (χ0) is 7.98. The van der Waals surface area contributed by atoms with Gasteiger partial charge in [0.15, 0.2) is 5.82 Å². The number of hydrogen-bond acceptors (Lipinski definition) is 3. The molecule has 0 bridgehead atoms. The Kier molecular flexibility index (Phi) is 3.49. The first kappa shape index (κ1) is 8.30. The summed E-state index contributed by atoms with van der Waals surface area (Å²) in [6, 6.07) is 0. The van der Waals surface area contributed by atoms with Gasteiger partial charge in [-0.3, -0.25) is 5.43 Å². The predicted molar refractivity (Wildman–Crippen MR) is 41.0 cm³/mol. The quantitative estimate of drug-likeness (QED) is 0.289. The topological polar surface area (TPSA) is 66.8 Å². The van der Waals surface area contributed by atoms with Crippen molar-refractivity contribution in [3.63, 3.8) is 0 Å². The SMILES string of the molecule is C#[N+]NC(=C)NN=C(C)N. The second kappa shape index (κ2) is 4.21. The van der Waals surface area contributed by atoms with Crippen molar-refractivity contribution < 1.29 is 0 Å². The van der Waals surface area contributed by atoms with Gasteiger partial charge in [0.05, 0.1) is 4.95 Å². The summed E-state index contributed by atoms with van der Waals surface area (Å²) >= 11 is 0. The molecule has 0 atom stereocenters. The van der Waals surface area contributed by atoms with Crippen LogP contribution in [0.3, 0.4) is 0 Å². The molecule has 0 unspecified atom stereocenters. The number of nitrogens with two attached hydrogens (primary N) is 1. The Hall–Kier alpha value is -1.70. The third kappa shape index (κ3) is 4.46. The minimum Gasteiger partial charge on any atom is -0.386 e. The zero-order valence-corrected chi connectivity index (χ0v) is 5.76. The minimum absolute atomic E-state index is 0.368. The van der Waals surface area contributed by atoms with E-state index in [9.17, 15) is 0 Å². The van der Waals surface area contributed by atoms with Gasteiger partial charge in [-0.15, -0.1) is 0 Å². The monoisotopic (exact) mass is 140 g/mol. The molecule has 0 aliphatic carbocycles. The molecule has 0 saturated carbocycles. The largest absolute Gasteiger partial charge is 0.386 e. The molecule has 4 N–H and O–H groups in total. The van der Waals surface area contributed by atoms with E-state index in [1.807, 2.05) is 0 Å². The molecule has 0 aromatic heterocycles. The smallest absolute Gasteiger partial charge is 0.305 e. The highest BCUT2D eigenvalue weighted by atomic mass is 15.4. The third-order valence-electron chi connectivity index (χ3n) is 0.567. The molecule has 0 heterocycles. The van der Waals surface area contributed by atoms with Crippen molar-refractivity contribution in [2.75, 3.05) is 0 Å². The second-order valence-electron chi connectivity index (χ2n) is 1.58. The normalized spacial score (nSPS) is 9.80. The molecule has 0 aliphatic rings. The summed E-state index contributed by atoms with van der Waals surface area (Å²) in [4.78, 5) is 3.09. The van der Waals surface area contributed by atoms with Crippen LogP contribution in [0.4, 0.5) is 0 Å². The van der Waals surface area contributed by atoms with Crippen molar-refractivity contribution in [2.45, 2.75) is 6.92 Å². The van der Waals surface area contributed by atoms with Gasteiger partial charge in [0, 0.05) is 0 Å². The molecule has 0 aromatic rings. The average Bonchev–Trinajstić information content (AvgIpc) is 1.85. The van der Waals surface area contributed by atoms with Gasteiger partial charge in [0.2, 0.25) is 0 Å². The zero-order valence-electron chi connectivity index (χ0n) is 5.76. The Labute approximate surface area is 59.4 Å². The summed E-state index contributed by atoms with van der Waals surface area (Å²) in [6.45, 7) is 9.87. The summed E-state index contributed by atoms with van der Waals surface area (Å²) in [7, 11) is 0. The maximum absolute atomic E-state index is 5.19. The molecular formula is C5H10N5+. The Bertz CT molecular complexity index is 183. The van der Waals surface area contributed by atoms with Crippen molar-refractivity contribution in [1.29, 1.82) is 0 Å². The van der Waals surface area contributed by atoms with E-state index in [0.717, 1.165) is 0 Å².